The molecular weight excluding hydrogens is 214 g/mol. The molecule has 0 aromatic heterocycles. The maximum Gasteiger partial charge on any atom is 0.279 e. The number of hydrogen-bond acceptors (Lipinski definition) is 3. The first-order chi connectivity index (χ1) is 7.06. The van der Waals surface area contributed by atoms with Crippen molar-refractivity contribution in [1.29, 1.82) is 0 Å². The predicted molar refractivity (Wildman–Crippen MR) is 60.6 cm³/mol. The molecule has 1 heterocycles. The van der Waals surface area contributed by atoms with Crippen LogP contribution < -0.4 is 10.5 Å². The Balaban J connectivity index is 2.43. The molecule has 1 fully saturated rings. The van der Waals surface area contributed by atoms with Crippen LogP contribution in [0.15, 0.2) is 0 Å². The van der Waals surface area contributed by atoms with E-state index >= 15 is 0 Å². The number of hydrogen-bond donors (Lipinski definition) is 2. The molecule has 0 amide bonds. The molecule has 1 unspecified atom stereocenters. The number of nitrogens with one attached hydrogen (secondary N) is 1. The molecule has 0 aliphatic carbocycles. The van der Waals surface area contributed by atoms with Crippen LogP contribution in [0, 0.1) is 0 Å². The Morgan fingerprint density at radius 1 is 1.33 bits per heavy atom. The molecule has 1 rings (SSSR count). The summed E-state index contributed by atoms with van der Waals surface area (Å²) < 4.78 is 27.6. The van der Waals surface area contributed by atoms with E-state index in [2.05, 4.69) is 4.72 Å². The molecule has 0 aromatic rings. The predicted octanol–water partition coefficient (Wildman–Crippen LogP) is 0.0440. The second-order valence-electron chi connectivity index (χ2n) is 3.98. The molecule has 1 aliphatic heterocycles. The maximum absolute atomic E-state index is 11.8. The highest BCUT2D eigenvalue weighted by molar-refractivity contribution is 7.87. The fraction of sp³-hybridized carbons (Fsp3) is 1.00. The second-order valence-corrected chi connectivity index (χ2v) is 5.74. The number of piperidine rings is 1. The molecule has 1 atom stereocenters. The van der Waals surface area contributed by atoms with Gasteiger partial charge >= 0.3 is 0 Å². The second kappa shape index (κ2) is 5.79. The summed E-state index contributed by atoms with van der Waals surface area (Å²) in [5.41, 5.74) is 5.66. The van der Waals surface area contributed by atoms with Crippen LogP contribution in [0.4, 0.5) is 0 Å². The van der Waals surface area contributed by atoms with Crippen molar-refractivity contribution in [3.8, 4) is 0 Å². The van der Waals surface area contributed by atoms with Crippen LogP contribution in [-0.4, -0.2) is 38.4 Å². The van der Waals surface area contributed by atoms with Gasteiger partial charge in [-0.15, -0.1) is 0 Å². The van der Waals surface area contributed by atoms with E-state index in [1.165, 1.54) is 4.31 Å². The zero-order chi connectivity index (χ0) is 11.3. The lowest BCUT2D eigenvalue weighted by molar-refractivity contribution is 0.341. The van der Waals surface area contributed by atoms with Gasteiger partial charge < -0.3 is 5.73 Å². The van der Waals surface area contributed by atoms with E-state index in [1.807, 2.05) is 6.92 Å². The third kappa shape index (κ3) is 4.06. The van der Waals surface area contributed by atoms with Gasteiger partial charge in [-0.3, -0.25) is 0 Å². The topological polar surface area (TPSA) is 75.4 Å². The number of nitrogens with two attached hydrogens (primary N) is 1. The average molecular weight is 235 g/mol. The van der Waals surface area contributed by atoms with Gasteiger partial charge in [0.25, 0.3) is 10.2 Å². The quantitative estimate of drug-likeness (QED) is 0.706. The van der Waals surface area contributed by atoms with Crippen molar-refractivity contribution < 1.29 is 8.42 Å². The summed E-state index contributed by atoms with van der Waals surface area (Å²) in [5.74, 6) is 0. The maximum atomic E-state index is 11.8. The van der Waals surface area contributed by atoms with Gasteiger partial charge in [-0.2, -0.15) is 12.7 Å². The van der Waals surface area contributed by atoms with Crippen LogP contribution in [0.2, 0.25) is 0 Å². The Hall–Kier alpha value is -0.170. The van der Waals surface area contributed by atoms with Gasteiger partial charge in [0, 0.05) is 25.7 Å². The molecule has 0 radical (unpaired) electrons. The zero-order valence-corrected chi connectivity index (χ0v) is 10.1. The van der Waals surface area contributed by atoms with Crippen LogP contribution in [0.1, 0.15) is 32.6 Å². The van der Waals surface area contributed by atoms with Gasteiger partial charge in [0.05, 0.1) is 0 Å². The zero-order valence-electron chi connectivity index (χ0n) is 9.28. The summed E-state index contributed by atoms with van der Waals surface area (Å²) in [6.07, 6.45) is 3.82. The van der Waals surface area contributed by atoms with Gasteiger partial charge in [0.1, 0.15) is 0 Å². The van der Waals surface area contributed by atoms with E-state index in [0.717, 1.165) is 25.7 Å². The van der Waals surface area contributed by atoms with Gasteiger partial charge in [-0.25, -0.2) is 4.72 Å². The van der Waals surface area contributed by atoms with Gasteiger partial charge in [-0.1, -0.05) is 13.3 Å². The van der Waals surface area contributed by atoms with Gasteiger partial charge in [0.2, 0.25) is 0 Å². The highest BCUT2D eigenvalue weighted by Gasteiger charge is 2.23. The molecule has 3 N–H and O–H groups in total. The lowest BCUT2D eigenvalue weighted by Crippen LogP contribution is -2.46. The SMILES string of the molecule is CCC(N)CNS(=O)(=O)N1CCCCC1. The molecule has 0 spiro atoms. The summed E-state index contributed by atoms with van der Waals surface area (Å²) in [7, 11) is -3.29. The first-order valence-electron chi connectivity index (χ1n) is 5.56. The minimum Gasteiger partial charge on any atom is -0.327 e. The fourth-order valence-corrected chi connectivity index (χ4v) is 2.90. The molecule has 6 heteroatoms. The number of nitrogens with zero attached hydrogens (tertiary/aromatic N) is 1. The summed E-state index contributed by atoms with van der Waals surface area (Å²) in [4.78, 5) is 0. The molecule has 1 aliphatic rings. The van der Waals surface area contributed by atoms with Gasteiger partial charge in [-0.05, 0) is 19.3 Å². The Bertz CT molecular complexity index is 273. The minimum absolute atomic E-state index is 0.0930. The third-order valence-electron chi connectivity index (χ3n) is 2.71. The normalized spacial score (nSPS) is 21.5. The summed E-state index contributed by atoms with van der Waals surface area (Å²) in [6, 6.07) is -0.0930. The van der Waals surface area contributed by atoms with Crippen molar-refractivity contribution in [2.24, 2.45) is 5.73 Å². The number of rotatable bonds is 5. The van der Waals surface area contributed by atoms with Crippen molar-refractivity contribution in [3.63, 3.8) is 0 Å². The highest BCUT2D eigenvalue weighted by Crippen LogP contribution is 2.11. The van der Waals surface area contributed by atoms with E-state index in [9.17, 15) is 8.42 Å². The molecule has 90 valence electrons. The lowest BCUT2D eigenvalue weighted by atomic mass is 10.2. The van der Waals surface area contributed by atoms with Crippen LogP contribution >= 0.6 is 0 Å². The Kier molecular flexibility index (Phi) is 4.98. The van der Waals surface area contributed by atoms with Crippen LogP contribution in [0.3, 0.4) is 0 Å². The van der Waals surface area contributed by atoms with Crippen LogP contribution in [0.25, 0.3) is 0 Å². The summed E-state index contributed by atoms with van der Waals surface area (Å²) >= 11 is 0. The summed E-state index contributed by atoms with van der Waals surface area (Å²) in [5, 5.41) is 0. The minimum atomic E-state index is -3.29. The average Bonchev–Trinajstić information content (AvgIpc) is 2.27. The third-order valence-corrected chi connectivity index (χ3v) is 4.28. The van der Waals surface area contributed by atoms with Crippen LogP contribution in [-0.2, 0) is 10.2 Å². The first-order valence-corrected chi connectivity index (χ1v) is 7.00. The van der Waals surface area contributed by atoms with E-state index in [4.69, 9.17) is 5.73 Å². The molecule has 0 aromatic carbocycles. The monoisotopic (exact) mass is 235 g/mol. The Morgan fingerprint density at radius 2 is 1.93 bits per heavy atom. The molecule has 0 bridgehead atoms. The molecular formula is C9H21N3O2S. The van der Waals surface area contributed by atoms with Crippen molar-refractivity contribution in [2.75, 3.05) is 19.6 Å². The molecule has 5 nitrogen and oxygen atoms in total. The van der Waals surface area contributed by atoms with E-state index in [-0.39, 0.29) is 6.04 Å². The first kappa shape index (κ1) is 12.9. The standard InChI is InChI=1S/C9H21N3O2S/c1-2-9(10)8-11-15(13,14)12-6-4-3-5-7-12/h9,11H,2-8,10H2,1H3. The fourth-order valence-electron chi connectivity index (χ4n) is 1.55. The van der Waals surface area contributed by atoms with Crippen molar-refractivity contribution in [3.05, 3.63) is 0 Å². The Morgan fingerprint density at radius 3 is 2.47 bits per heavy atom. The summed E-state index contributed by atoms with van der Waals surface area (Å²) in [6.45, 7) is 3.54. The highest BCUT2D eigenvalue weighted by atomic mass is 32.2. The van der Waals surface area contributed by atoms with Crippen LogP contribution in [0.5, 0.6) is 0 Å². The van der Waals surface area contributed by atoms with Gasteiger partial charge in [0.15, 0.2) is 0 Å². The lowest BCUT2D eigenvalue weighted by Gasteiger charge is -2.26. The molecule has 0 saturated carbocycles. The van der Waals surface area contributed by atoms with E-state index in [0.29, 0.717) is 19.6 Å². The molecule has 1 saturated heterocycles. The Labute approximate surface area is 92.2 Å². The van der Waals surface area contributed by atoms with E-state index < -0.39 is 10.2 Å². The van der Waals surface area contributed by atoms with Crippen molar-refractivity contribution in [2.45, 2.75) is 38.6 Å². The molecule has 15 heavy (non-hydrogen) atoms. The smallest absolute Gasteiger partial charge is 0.279 e. The van der Waals surface area contributed by atoms with Crippen molar-refractivity contribution in [1.82, 2.24) is 9.03 Å². The largest absolute Gasteiger partial charge is 0.327 e. The van der Waals surface area contributed by atoms with E-state index in [1.54, 1.807) is 0 Å². The van der Waals surface area contributed by atoms with Crippen molar-refractivity contribution >= 4 is 10.2 Å².